The van der Waals surface area contributed by atoms with Crippen LogP contribution in [0.15, 0.2) is 24.3 Å². The van der Waals surface area contributed by atoms with Crippen LogP contribution in [0, 0.1) is 5.82 Å². The number of fused-ring (bicyclic) bond motifs is 1. The number of anilines is 3. The molecule has 0 aliphatic carbocycles. The van der Waals surface area contributed by atoms with Crippen LogP contribution in [-0.4, -0.2) is 8.75 Å². The van der Waals surface area contributed by atoms with Gasteiger partial charge in [0.05, 0.1) is 38.8 Å². The third-order valence-electron chi connectivity index (χ3n) is 2.73. The molecule has 0 fully saturated rings. The number of nitrogens with two attached hydrogens (primary N) is 1. The van der Waals surface area contributed by atoms with Crippen molar-refractivity contribution in [2.75, 3.05) is 11.1 Å². The highest BCUT2D eigenvalue weighted by Gasteiger charge is 2.13. The maximum Gasteiger partial charge on any atom is 0.143 e. The minimum atomic E-state index is -0.575. The standard InChI is InChI=1S/C12H7Cl2FN4S/c13-5-1-2-9-12(19-20-18-9)11(5)17-10-3-6(14)7(15)4-8(10)16/h1-4,17H,16H2. The van der Waals surface area contributed by atoms with E-state index in [0.29, 0.717) is 27.4 Å². The molecule has 0 aliphatic heterocycles. The number of nitrogens with zero attached hydrogens (tertiary/aromatic N) is 2. The molecule has 0 saturated carbocycles. The van der Waals surface area contributed by atoms with E-state index >= 15 is 0 Å². The molecule has 0 bridgehead atoms. The summed E-state index contributed by atoms with van der Waals surface area (Å²) >= 11 is 13.0. The second-order valence-corrected chi connectivity index (χ2v) is 5.38. The molecule has 20 heavy (non-hydrogen) atoms. The van der Waals surface area contributed by atoms with Crippen LogP contribution in [0.25, 0.3) is 11.0 Å². The van der Waals surface area contributed by atoms with Crippen molar-refractivity contribution in [3.8, 4) is 0 Å². The van der Waals surface area contributed by atoms with Gasteiger partial charge in [0.25, 0.3) is 0 Å². The minimum Gasteiger partial charge on any atom is -0.397 e. The first kappa shape index (κ1) is 13.4. The van der Waals surface area contributed by atoms with E-state index in [9.17, 15) is 4.39 Å². The Bertz CT molecular complexity index is 805. The summed E-state index contributed by atoms with van der Waals surface area (Å²) in [5.74, 6) is -0.575. The lowest BCUT2D eigenvalue weighted by atomic mass is 10.2. The van der Waals surface area contributed by atoms with Crippen LogP contribution >= 0.6 is 34.9 Å². The van der Waals surface area contributed by atoms with Gasteiger partial charge in [-0.05, 0) is 18.2 Å². The van der Waals surface area contributed by atoms with Gasteiger partial charge in [0.2, 0.25) is 0 Å². The number of nitrogen functional groups attached to an aromatic ring is 1. The number of rotatable bonds is 2. The Kier molecular flexibility index (Phi) is 3.37. The second kappa shape index (κ2) is 5.05. The topological polar surface area (TPSA) is 63.8 Å². The lowest BCUT2D eigenvalue weighted by Gasteiger charge is -2.12. The molecule has 3 rings (SSSR count). The first-order valence-electron chi connectivity index (χ1n) is 5.48. The van der Waals surface area contributed by atoms with Gasteiger partial charge in [-0.1, -0.05) is 23.2 Å². The van der Waals surface area contributed by atoms with Crippen molar-refractivity contribution in [1.82, 2.24) is 8.75 Å². The van der Waals surface area contributed by atoms with Crippen molar-refractivity contribution in [1.29, 1.82) is 0 Å². The highest BCUT2D eigenvalue weighted by molar-refractivity contribution is 7.00. The largest absolute Gasteiger partial charge is 0.397 e. The maximum absolute atomic E-state index is 13.3. The van der Waals surface area contributed by atoms with Gasteiger partial charge in [0, 0.05) is 6.07 Å². The van der Waals surface area contributed by atoms with E-state index in [0.717, 1.165) is 17.8 Å². The molecule has 1 aromatic heterocycles. The van der Waals surface area contributed by atoms with Gasteiger partial charge in [0.1, 0.15) is 16.9 Å². The van der Waals surface area contributed by atoms with Crippen LogP contribution in [0.3, 0.4) is 0 Å². The van der Waals surface area contributed by atoms with E-state index < -0.39 is 5.82 Å². The third kappa shape index (κ3) is 2.26. The Balaban J connectivity index is 2.12. The molecule has 0 atom stereocenters. The number of hydrogen-bond donors (Lipinski definition) is 2. The van der Waals surface area contributed by atoms with Crippen molar-refractivity contribution in [3.05, 3.63) is 40.1 Å². The van der Waals surface area contributed by atoms with Crippen molar-refractivity contribution < 1.29 is 4.39 Å². The van der Waals surface area contributed by atoms with Gasteiger partial charge < -0.3 is 11.1 Å². The summed E-state index contributed by atoms with van der Waals surface area (Å²) in [6.07, 6.45) is 0. The molecule has 4 nitrogen and oxygen atoms in total. The smallest absolute Gasteiger partial charge is 0.143 e. The maximum atomic E-state index is 13.3. The van der Waals surface area contributed by atoms with Crippen LogP contribution in [0.4, 0.5) is 21.5 Å². The quantitative estimate of drug-likeness (QED) is 0.681. The van der Waals surface area contributed by atoms with E-state index in [1.54, 1.807) is 12.1 Å². The van der Waals surface area contributed by atoms with E-state index in [2.05, 4.69) is 14.1 Å². The average Bonchev–Trinajstić information content (AvgIpc) is 2.87. The summed E-state index contributed by atoms with van der Waals surface area (Å²) in [6.45, 7) is 0. The number of nitrogens with one attached hydrogen (secondary N) is 1. The Morgan fingerprint density at radius 1 is 1.15 bits per heavy atom. The predicted molar refractivity (Wildman–Crippen MR) is 81.5 cm³/mol. The summed E-state index contributed by atoms with van der Waals surface area (Å²) in [4.78, 5) is 0. The Morgan fingerprint density at radius 3 is 2.75 bits per heavy atom. The van der Waals surface area contributed by atoms with Crippen LogP contribution in [0.2, 0.25) is 10.0 Å². The van der Waals surface area contributed by atoms with Gasteiger partial charge in [0.15, 0.2) is 0 Å². The molecular weight excluding hydrogens is 322 g/mol. The molecule has 2 aromatic carbocycles. The van der Waals surface area contributed by atoms with Crippen LogP contribution in [0.5, 0.6) is 0 Å². The summed E-state index contributed by atoms with van der Waals surface area (Å²) in [6, 6.07) is 6.03. The molecule has 0 saturated heterocycles. The van der Waals surface area contributed by atoms with Crippen molar-refractivity contribution in [2.45, 2.75) is 0 Å². The highest BCUT2D eigenvalue weighted by atomic mass is 35.5. The number of halogens is 3. The zero-order chi connectivity index (χ0) is 14.3. The van der Waals surface area contributed by atoms with E-state index in [1.165, 1.54) is 6.07 Å². The fourth-order valence-corrected chi connectivity index (χ4v) is 2.66. The zero-order valence-electron chi connectivity index (χ0n) is 9.82. The summed E-state index contributed by atoms with van der Waals surface area (Å²) < 4.78 is 21.6. The normalized spacial score (nSPS) is 10.9. The van der Waals surface area contributed by atoms with Gasteiger partial charge in [-0.2, -0.15) is 8.75 Å². The number of hydrogen-bond acceptors (Lipinski definition) is 5. The van der Waals surface area contributed by atoms with Gasteiger partial charge >= 0.3 is 0 Å². The zero-order valence-corrected chi connectivity index (χ0v) is 12.2. The van der Waals surface area contributed by atoms with Crippen molar-refractivity contribution in [2.24, 2.45) is 0 Å². The molecule has 8 heteroatoms. The Morgan fingerprint density at radius 2 is 1.95 bits per heavy atom. The van der Waals surface area contributed by atoms with E-state index in [4.69, 9.17) is 28.9 Å². The van der Waals surface area contributed by atoms with Crippen molar-refractivity contribution >= 4 is 63.0 Å². The molecule has 3 N–H and O–H groups in total. The molecule has 0 spiro atoms. The van der Waals surface area contributed by atoms with Gasteiger partial charge in [-0.3, -0.25) is 0 Å². The molecule has 1 heterocycles. The lowest BCUT2D eigenvalue weighted by molar-refractivity contribution is 0.629. The first-order chi connectivity index (χ1) is 9.56. The predicted octanol–water partition coefficient (Wildman–Crippen LogP) is 4.46. The Hall–Kier alpha value is -1.63. The highest BCUT2D eigenvalue weighted by Crippen LogP contribution is 2.35. The third-order valence-corrected chi connectivity index (χ3v) is 3.88. The van der Waals surface area contributed by atoms with Gasteiger partial charge in [-0.25, -0.2) is 4.39 Å². The monoisotopic (exact) mass is 328 g/mol. The van der Waals surface area contributed by atoms with Gasteiger partial charge in [-0.15, -0.1) is 0 Å². The fourth-order valence-electron chi connectivity index (χ4n) is 1.75. The summed E-state index contributed by atoms with van der Waals surface area (Å²) in [5, 5.41) is 3.47. The Labute approximate surface area is 127 Å². The second-order valence-electron chi connectivity index (χ2n) is 4.03. The van der Waals surface area contributed by atoms with E-state index in [1.807, 2.05) is 0 Å². The minimum absolute atomic E-state index is 0.0265. The molecule has 0 amide bonds. The molecule has 3 aromatic rings. The number of benzene rings is 2. The molecular formula is C12H7Cl2FN4S. The molecule has 0 aliphatic rings. The first-order valence-corrected chi connectivity index (χ1v) is 6.97. The SMILES string of the molecule is Nc1cc(F)c(Cl)cc1Nc1c(Cl)ccc2nsnc12. The molecule has 0 radical (unpaired) electrons. The summed E-state index contributed by atoms with van der Waals surface area (Å²) in [7, 11) is 0. The lowest BCUT2D eigenvalue weighted by Crippen LogP contribution is -1.99. The molecule has 102 valence electrons. The van der Waals surface area contributed by atoms with Crippen molar-refractivity contribution in [3.63, 3.8) is 0 Å². The molecule has 0 unspecified atom stereocenters. The fraction of sp³-hybridized carbons (Fsp3) is 0. The van der Waals surface area contributed by atoms with Crippen LogP contribution < -0.4 is 11.1 Å². The van der Waals surface area contributed by atoms with Crippen LogP contribution in [0.1, 0.15) is 0 Å². The van der Waals surface area contributed by atoms with Crippen LogP contribution in [-0.2, 0) is 0 Å². The number of aromatic nitrogens is 2. The summed E-state index contributed by atoms with van der Waals surface area (Å²) in [5.41, 5.74) is 8.36. The van der Waals surface area contributed by atoms with E-state index in [-0.39, 0.29) is 10.7 Å². The average molecular weight is 329 g/mol.